The van der Waals surface area contributed by atoms with Crippen molar-refractivity contribution in [2.24, 2.45) is 11.8 Å². The van der Waals surface area contributed by atoms with Gasteiger partial charge in [0, 0.05) is 19.1 Å². The van der Waals surface area contributed by atoms with Gasteiger partial charge in [0.1, 0.15) is 0 Å². The van der Waals surface area contributed by atoms with Gasteiger partial charge in [-0.1, -0.05) is 6.07 Å². The largest absolute Gasteiger partial charge is 0.454 e. The van der Waals surface area contributed by atoms with E-state index in [4.69, 9.17) is 9.47 Å². The van der Waals surface area contributed by atoms with Crippen molar-refractivity contribution in [1.82, 2.24) is 10.2 Å². The van der Waals surface area contributed by atoms with E-state index >= 15 is 0 Å². The number of nitrogens with one attached hydrogen (secondary N) is 1. The van der Waals surface area contributed by atoms with Crippen molar-refractivity contribution in [3.63, 3.8) is 0 Å². The first-order chi connectivity index (χ1) is 9.31. The summed E-state index contributed by atoms with van der Waals surface area (Å²) in [5, 5.41) is 3.49. The Morgan fingerprint density at radius 3 is 2.68 bits per heavy atom. The summed E-state index contributed by atoms with van der Waals surface area (Å²) in [7, 11) is 0. The molecular formula is C15H20N2O2. The Labute approximate surface area is 113 Å². The van der Waals surface area contributed by atoms with Gasteiger partial charge in [-0.3, -0.25) is 4.90 Å². The van der Waals surface area contributed by atoms with Crippen LogP contribution in [0.1, 0.15) is 18.5 Å². The minimum Gasteiger partial charge on any atom is -0.454 e. The van der Waals surface area contributed by atoms with Crippen molar-refractivity contribution in [3.05, 3.63) is 23.8 Å². The first kappa shape index (κ1) is 11.6. The Kier molecular flexibility index (Phi) is 2.67. The fourth-order valence-corrected chi connectivity index (χ4v) is 3.59. The fourth-order valence-electron chi connectivity index (χ4n) is 3.59. The Morgan fingerprint density at radius 1 is 1.16 bits per heavy atom. The molecule has 3 aliphatic rings. The molecule has 0 amide bonds. The number of hydrogen-bond donors (Lipinski definition) is 1. The minimum absolute atomic E-state index is 0.354. The van der Waals surface area contributed by atoms with Crippen molar-refractivity contribution in [3.8, 4) is 11.5 Å². The van der Waals surface area contributed by atoms with Crippen LogP contribution in [-0.2, 0) is 0 Å². The van der Waals surface area contributed by atoms with Gasteiger partial charge < -0.3 is 14.8 Å². The van der Waals surface area contributed by atoms with Gasteiger partial charge >= 0.3 is 0 Å². The summed E-state index contributed by atoms with van der Waals surface area (Å²) in [5.74, 6) is 3.46. The number of hydrogen-bond acceptors (Lipinski definition) is 4. The van der Waals surface area contributed by atoms with Crippen molar-refractivity contribution in [2.75, 3.05) is 33.0 Å². The first-order valence-electron chi connectivity index (χ1n) is 7.15. The van der Waals surface area contributed by atoms with E-state index < -0.39 is 0 Å². The van der Waals surface area contributed by atoms with Crippen LogP contribution in [0.2, 0.25) is 0 Å². The lowest BCUT2D eigenvalue weighted by Crippen LogP contribution is -2.28. The normalized spacial score (nSPS) is 30.6. The number of nitrogens with zero attached hydrogens (tertiary/aromatic N) is 1. The molecule has 102 valence electrons. The molecule has 1 aromatic rings. The Hall–Kier alpha value is -1.26. The molecule has 4 heteroatoms. The zero-order chi connectivity index (χ0) is 12.8. The van der Waals surface area contributed by atoms with Crippen LogP contribution < -0.4 is 14.8 Å². The zero-order valence-electron chi connectivity index (χ0n) is 11.3. The van der Waals surface area contributed by atoms with Crippen molar-refractivity contribution < 1.29 is 9.47 Å². The molecule has 1 N–H and O–H groups in total. The molecule has 0 aromatic heterocycles. The molecule has 2 saturated heterocycles. The third-order valence-electron chi connectivity index (χ3n) is 4.84. The van der Waals surface area contributed by atoms with Crippen molar-refractivity contribution in [1.29, 1.82) is 0 Å². The average molecular weight is 260 g/mol. The second-order valence-electron chi connectivity index (χ2n) is 5.92. The highest BCUT2D eigenvalue weighted by molar-refractivity contribution is 5.45. The lowest BCUT2D eigenvalue weighted by molar-refractivity contribution is 0.173. The maximum Gasteiger partial charge on any atom is 0.231 e. The predicted molar refractivity (Wildman–Crippen MR) is 72.4 cm³/mol. The summed E-state index contributed by atoms with van der Waals surface area (Å²) in [6, 6.07) is 6.80. The molecule has 4 rings (SSSR count). The highest BCUT2D eigenvalue weighted by Crippen LogP contribution is 2.37. The van der Waals surface area contributed by atoms with Crippen molar-refractivity contribution >= 4 is 0 Å². The molecule has 4 nitrogen and oxygen atoms in total. The van der Waals surface area contributed by atoms with Crippen LogP contribution in [0.4, 0.5) is 0 Å². The molecule has 0 bridgehead atoms. The van der Waals surface area contributed by atoms with Crippen LogP contribution >= 0.6 is 0 Å². The van der Waals surface area contributed by atoms with E-state index in [9.17, 15) is 0 Å². The number of fused-ring (bicyclic) bond motifs is 2. The van der Waals surface area contributed by atoms with E-state index in [2.05, 4.69) is 29.3 Å². The van der Waals surface area contributed by atoms with Crippen LogP contribution in [0.15, 0.2) is 18.2 Å². The second-order valence-corrected chi connectivity index (χ2v) is 5.92. The predicted octanol–water partition coefficient (Wildman–Crippen LogP) is 1.63. The Balaban J connectivity index is 1.53. The van der Waals surface area contributed by atoms with E-state index in [1.807, 2.05) is 6.07 Å². The molecule has 2 fully saturated rings. The highest BCUT2D eigenvalue weighted by Gasteiger charge is 2.38. The van der Waals surface area contributed by atoms with Gasteiger partial charge in [0.25, 0.3) is 0 Å². The Morgan fingerprint density at radius 2 is 1.89 bits per heavy atom. The van der Waals surface area contributed by atoms with Crippen LogP contribution in [0, 0.1) is 11.8 Å². The maximum atomic E-state index is 5.48. The van der Waals surface area contributed by atoms with E-state index in [0.717, 1.165) is 23.3 Å². The standard InChI is InChI=1S/C15H20N2O2/c1-10(17-7-12-5-16-6-13(12)8-17)11-2-3-14-15(4-11)19-9-18-14/h2-4,10,12-13,16H,5-9H2,1H3. The molecule has 3 atom stereocenters. The number of likely N-dealkylation sites (tertiary alicyclic amines) is 1. The van der Waals surface area contributed by atoms with Gasteiger partial charge in [0.2, 0.25) is 6.79 Å². The lowest BCUT2D eigenvalue weighted by Gasteiger charge is -2.25. The molecular weight excluding hydrogens is 240 g/mol. The van der Waals surface area contributed by atoms with Gasteiger partial charge in [0.05, 0.1) is 0 Å². The topological polar surface area (TPSA) is 33.7 Å². The zero-order valence-corrected chi connectivity index (χ0v) is 11.3. The number of benzene rings is 1. The van der Waals surface area contributed by atoms with E-state index in [-0.39, 0.29) is 0 Å². The average Bonchev–Trinajstić information content (AvgIpc) is 3.11. The molecule has 0 saturated carbocycles. The third kappa shape index (κ3) is 1.90. The summed E-state index contributed by atoms with van der Waals surface area (Å²) in [5.41, 5.74) is 1.33. The van der Waals surface area contributed by atoms with Crippen molar-refractivity contribution in [2.45, 2.75) is 13.0 Å². The summed E-state index contributed by atoms with van der Waals surface area (Å²) in [6.07, 6.45) is 0. The summed E-state index contributed by atoms with van der Waals surface area (Å²) in [6.45, 7) is 7.46. The van der Waals surface area contributed by atoms with E-state index in [1.165, 1.54) is 31.7 Å². The van der Waals surface area contributed by atoms with Crippen LogP contribution in [0.5, 0.6) is 11.5 Å². The lowest BCUT2D eigenvalue weighted by atomic mass is 10.0. The van der Waals surface area contributed by atoms with Gasteiger partial charge in [-0.25, -0.2) is 0 Å². The molecule has 3 aliphatic heterocycles. The number of ether oxygens (including phenoxy) is 2. The molecule has 0 spiro atoms. The first-order valence-corrected chi connectivity index (χ1v) is 7.15. The molecule has 3 unspecified atom stereocenters. The minimum atomic E-state index is 0.354. The fraction of sp³-hybridized carbons (Fsp3) is 0.600. The Bertz CT molecular complexity index is 479. The summed E-state index contributed by atoms with van der Waals surface area (Å²) >= 11 is 0. The molecule has 0 radical (unpaired) electrons. The maximum absolute atomic E-state index is 5.48. The SMILES string of the molecule is CC(c1ccc2c(c1)OCO2)N1CC2CNCC2C1. The van der Waals surface area contributed by atoms with E-state index in [0.29, 0.717) is 12.8 Å². The summed E-state index contributed by atoms with van der Waals surface area (Å²) in [4.78, 5) is 2.60. The quantitative estimate of drug-likeness (QED) is 0.876. The molecule has 0 aliphatic carbocycles. The highest BCUT2D eigenvalue weighted by atomic mass is 16.7. The van der Waals surface area contributed by atoms with Crippen LogP contribution in [-0.4, -0.2) is 37.9 Å². The van der Waals surface area contributed by atoms with Gasteiger partial charge in [-0.2, -0.15) is 0 Å². The third-order valence-corrected chi connectivity index (χ3v) is 4.84. The van der Waals surface area contributed by atoms with E-state index in [1.54, 1.807) is 0 Å². The van der Waals surface area contributed by atoms with Gasteiger partial charge in [-0.05, 0) is 49.5 Å². The smallest absolute Gasteiger partial charge is 0.231 e. The van der Waals surface area contributed by atoms with Gasteiger partial charge in [0.15, 0.2) is 11.5 Å². The van der Waals surface area contributed by atoms with Crippen LogP contribution in [0.3, 0.4) is 0 Å². The molecule has 19 heavy (non-hydrogen) atoms. The number of rotatable bonds is 2. The summed E-state index contributed by atoms with van der Waals surface area (Å²) < 4.78 is 10.9. The van der Waals surface area contributed by atoms with Gasteiger partial charge in [-0.15, -0.1) is 0 Å². The molecule has 3 heterocycles. The monoisotopic (exact) mass is 260 g/mol. The second kappa shape index (κ2) is 4.39. The van der Waals surface area contributed by atoms with Crippen LogP contribution in [0.25, 0.3) is 0 Å². The molecule has 1 aromatic carbocycles.